The Morgan fingerprint density at radius 1 is 1.07 bits per heavy atom. The summed E-state index contributed by atoms with van der Waals surface area (Å²) in [4.78, 5) is 15.8. The van der Waals surface area contributed by atoms with Crippen LogP contribution in [0.4, 0.5) is 0 Å². The highest BCUT2D eigenvalue weighted by Crippen LogP contribution is 2.40. The van der Waals surface area contributed by atoms with Crippen LogP contribution in [0.25, 0.3) is 21.9 Å². The molecule has 6 nitrogen and oxygen atoms in total. The van der Waals surface area contributed by atoms with E-state index in [9.17, 15) is 4.79 Å². The van der Waals surface area contributed by atoms with E-state index >= 15 is 0 Å². The minimum absolute atomic E-state index is 0.0200. The second-order valence-corrected chi connectivity index (χ2v) is 7.04. The average Bonchev–Trinajstić information content (AvgIpc) is 3.14. The summed E-state index contributed by atoms with van der Waals surface area (Å²) < 4.78 is 17.2. The van der Waals surface area contributed by atoms with Crippen LogP contribution in [0.3, 0.4) is 0 Å². The number of carbonyl (C=O) groups is 1. The highest BCUT2D eigenvalue weighted by Gasteiger charge is 2.15. The van der Waals surface area contributed by atoms with Crippen LogP contribution >= 0.6 is 11.3 Å². The Morgan fingerprint density at radius 2 is 1.75 bits per heavy atom. The fourth-order valence-corrected chi connectivity index (χ4v) is 3.89. The fourth-order valence-electron chi connectivity index (χ4n) is 2.88. The molecule has 7 heteroatoms. The summed E-state index contributed by atoms with van der Waals surface area (Å²) in [6.07, 6.45) is 2.31. The van der Waals surface area contributed by atoms with Gasteiger partial charge >= 0.3 is 5.97 Å². The van der Waals surface area contributed by atoms with Crippen LogP contribution < -0.4 is 14.2 Å². The summed E-state index contributed by atoms with van der Waals surface area (Å²) >= 11 is 1.54. The predicted octanol–water partition coefficient (Wildman–Crippen LogP) is 4.73. The number of carboxylic acids is 1. The van der Waals surface area contributed by atoms with Gasteiger partial charge in [0.05, 0.1) is 31.5 Å². The first-order valence-electron chi connectivity index (χ1n) is 8.64. The van der Waals surface area contributed by atoms with E-state index in [0.717, 1.165) is 26.4 Å². The molecule has 146 valence electrons. The van der Waals surface area contributed by atoms with Crippen molar-refractivity contribution in [2.24, 2.45) is 0 Å². The molecule has 0 amide bonds. The molecule has 0 aliphatic heterocycles. The molecular weight excluding hydrogens is 378 g/mol. The molecular formula is C21H21NO5S. The SMILES string of the molecule is COc1cc(/C=C(\CCC(=O)O)c2nc3ccccc3s2)cc(OC)c1OC. The van der Waals surface area contributed by atoms with Gasteiger partial charge in [-0.25, -0.2) is 4.98 Å². The molecule has 0 atom stereocenters. The van der Waals surface area contributed by atoms with Crippen LogP contribution in [0.15, 0.2) is 36.4 Å². The largest absolute Gasteiger partial charge is 0.493 e. The van der Waals surface area contributed by atoms with Crippen LogP contribution in [0.5, 0.6) is 17.2 Å². The second kappa shape index (κ2) is 8.75. The minimum atomic E-state index is -0.850. The third-order valence-corrected chi connectivity index (χ3v) is 5.32. The van der Waals surface area contributed by atoms with Crippen LogP contribution in [0.1, 0.15) is 23.4 Å². The molecule has 1 aromatic heterocycles. The lowest BCUT2D eigenvalue weighted by Crippen LogP contribution is -1.97. The van der Waals surface area contributed by atoms with E-state index in [1.165, 1.54) is 0 Å². The number of fused-ring (bicyclic) bond motifs is 1. The maximum atomic E-state index is 11.1. The predicted molar refractivity (Wildman–Crippen MR) is 110 cm³/mol. The third-order valence-electron chi connectivity index (χ3n) is 4.20. The van der Waals surface area contributed by atoms with E-state index in [4.69, 9.17) is 19.3 Å². The molecule has 1 heterocycles. The van der Waals surface area contributed by atoms with Crippen molar-refractivity contribution in [2.45, 2.75) is 12.8 Å². The smallest absolute Gasteiger partial charge is 0.303 e. The Hall–Kier alpha value is -3.06. The van der Waals surface area contributed by atoms with E-state index in [0.29, 0.717) is 23.7 Å². The standard InChI is InChI=1S/C21H21NO5S/c1-25-16-11-13(12-17(26-2)20(16)27-3)10-14(8-9-19(23)24)21-22-15-6-4-5-7-18(15)28-21/h4-7,10-12H,8-9H2,1-3H3,(H,23,24)/b14-10+. The number of aliphatic carboxylic acids is 1. The fraction of sp³-hybridized carbons (Fsp3) is 0.238. The lowest BCUT2D eigenvalue weighted by molar-refractivity contribution is -0.136. The first kappa shape index (κ1) is 19.7. The molecule has 3 aromatic rings. The number of nitrogens with zero attached hydrogens (tertiary/aromatic N) is 1. The number of allylic oxidation sites excluding steroid dienone is 1. The number of hydrogen-bond acceptors (Lipinski definition) is 6. The Morgan fingerprint density at radius 3 is 2.32 bits per heavy atom. The van der Waals surface area contributed by atoms with Crippen LogP contribution in [0, 0.1) is 0 Å². The van der Waals surface area contributed by atoms with Gasteiger partial charge in [0.2, 0.25) is 5.75 Å². The van der Waals surface area contributed by atoms with Crippen molar-refractivity contribution in [3.05, 3.63) is 47.0 Å². The van der Waals surface area contributed by atoms with Gasteiger partial charge in [-0.1, -0.05) is 12.1 Å². The number of methoxy groups -OCH3 is 3. The van der Waals surface area contributed by atoms with Crippen LogP contribution in [-0.2, 0) is 4.79 Å². The monoisotopic (exact) mass is 399 g/mol. The van der Waals surface area contributed by atoms with Crippen molar-refractivity contribution in [1.82, 2.24) is 4.98 Å². The molecule has 0 aliphatic carbocycles. The van der Waals surface area contributed by atoms with Gasteiger partial charge in [-0.3, -0.25) is 4.79 Å². The quantitative estimate of drug-likeness (QED) is 0.590. The molecule has 28 heavy (non-hydrogen) atoms. The summed E-state index contributed by atoms with van der Waals surface area (Å²) in [5.74, 6) is 0.732. The number of para-hydroxylation sites is 1. The van der Waals surface area contributed by atoms with Crippen molar-refractivity contribution >= 4 is 39.2 Å². The topological polar surface area (TPSA) is 77.9 Å². The molecule has 0 saturated heterocycles. The minimum Gasteiger partial charge on any atom is -0.493 e. The van der Waals surface area contributed by atoms with E-state index in [1.807, 2.05) is 42.5 Å². The molecule has 0 fully saturated rings. The molecule has 1 N–H and O–H groups in total. The number of thiazole rings is 1. The van der Waals surface area contributed by atoms with Crippen molar-refractivity contribution in [3.63, 3.8) is 0 Å². The number of ether oxygens (including phenoxy) is 3. The Kier molecular flexibility index (Phi) is 6.16. The lowest BCUT2D eigenvalue weighted by Gasteiger charge is -2.13. The number of benzene rings is 2. The zero-order valence-corrected chi connectivity index (χ0v) is 16.7. The average molecular weight is 399 g/mol. The molecule has 3 rings (SSSR count). The molecule has 0 spiro atoms. The van der Waals surface area contributed by atoms with Gasteiger partial charge in [0.1, 0.15) is 5.01 Å². The summed E-state index contributed by atoms with van der Waals surface area (Å²) in [6.45, 7) is 0. The summed E-state index contributed by atoms with van der Waals surface area (Å²) in [5, 5.41) is 9.95. The molecule has 0 bridgehead atoms. The third kappa shape index (κ3) is 4.26. The highest BCUT2D eigenvalue weighted by atomic mass is 32.1. The normalized spacial score (nSPS) is 11.5. The molecule has 0 saturated carbocycles. The van der Waals surface area contributed by atoms with Gasteiger partial charge in [-0.2, -0.15) is 0 Å². The number of rotatable bonds is 8. The van der Waals surface area contributed by atoms with Gasteiger partial charge in [0.15, 0.2) is 11.5 Å². The van der Waals surface area contributed by atoms with Gasteiger partial charge in [-0.05, 0) is 47.9 Å². The van der Waals surface area contributed by atoms with E-state index in [2.05, 4.69) is 4.98 Å². The first-order valence-corrected chi connectivity index (χ1v) is 9.45. The van der Waals surface area contributed by atoms with Crippen molar-refractivity contribution in [1.29, 1.82) is 0 Å². The Bertz CT molecular complexity index is 967. The van der Waals surface area contributed by atoms with Crippen molar-refractivity contribution < 1.29 is 24.1 Å². The first-order chi connectivity index (χ1) is 13.5. The second-order valence-electron chi connectivity index (χ2n) is 6.01. The highest BCUT2D eigenvalue weighted by molar-refractivity contribution is 7.19. The Labute approximate surface area is 167 Å². The zero-order chi connectivity index (χ0) is 20.1. The summed E-state index contributed by atoms with van der Waals surface area (Å²) in [5.41, 5.74) is 2.56. The van der Waals surface area contributed by atoms with Crippen molar-refractivity contribution in [3.8, 4) is 17.2 Å². The van der Waals surface area contributed by atoms with Crippen LogP contribution in [-0.4, -0.2) is 37.4 Å². The molecule has 2 aromatic carbocycles. The molecule has 0 radical (unpaired) electrons. The van der Waals surface area contributed by atoms with E-state index in [-0.39, 0.29) is 6.42 Å². The van der Waals surface area contributed by atoms with Crippen LogP contribution in [0.2, 0.25) is 0 Å². The van der Waals surface area contributed by atoms with Crippen molar-refractivity contribution in [2.75, 3.05) is 21.3 Å². The van der Waals surface area contributed by atoms with Gasteiger partial charge < -0.3 is 19.3 Å². The lowest BCUT2D eigenvalue weighted by atomic mass is 10.1. The number of carboxylic acid groups (broad SMARTS) is 1. The van der Waals surface area contributed by atoms with Gasteiger partial charge in [-0.15, -0.1) is 11.3 Å². The number of hydrogen-bond donors (Lipinski definition) is 1. The van der Waals surface area contributed by atoms with Gasteiger partial charge in [0, 0.05) is 6.42 Å². The van der Waals surface area contributed by atoms with Gasteiger partial charge in [0.25, 0.3) is 0 Å². The maximum absolute atomic E-state index is 11.1. The summed E-state index contributed by atoms with van der Waals surface area (Å²) in [7, 11) is 4.67. The van der Waals surface area contributed by atoms with E-state index in [1.54, 1.807) is 32.7 Å². The maximum Gasteiger partial charge on any atom is 0.303 e. The zero-order valence-electron chi connectivity index (χ0n) is 15.9. The molecule has 0 unspecified atom stereocenters. The number of aromatic nitrogens is 1. The molecule has 0 aliphatic rings. The van der Waals surface area contributed by atoms with E-state index < -0.39 is 5.97 Å². The Balaban J connectivity index is 2.09. The summed E-state index contributed by atoms with van der Waals surface area (Å²) in [6, 6.07) is 11.5.